The van der Waals surface area contributed by atoms with Crippen molar-refractivity contribution in [3.8, 4) is 23.0 Å². The molecular formula is C33H16Cu2N4Na4O16S4. The van der Waals surface area contributed by atoms with Crippen LogP contribution >= 0.6 is 0 Å². The van der Waals surface area contributed by atoms with Gasteiger partial charge in [0.05, 0.1) is 32.5 Å². The third kappa shape index (κ3) is 14.5. The zero-order valence-corrected chi connectivity index (χ0v) is 45.5. The smallest absolute Gasteiger partial charge is 0.871 e. The second-order valence-corrected chi connectivity index (χ2v) is 17.3. The molecule has 0 unspecified atom stereocenters. The van der Waals surface area contributed by atoms with Crippen LogP contribution in [0.4, 0.5) is 22.7 Å². The number of benzene rings is 6. The average Bonchev–Trinajstić information content (AvgIpc) is 3.09. The van der Waals surface area contributed by atoms with Crippen LogP contribution in [0.25, 0.3) is 21.5 Å². The van der Waals surface area contributed by atoms with E-state index in [1.54, 1.807) is 0 Å². The molecule has 0 saturated carbocycles. The molecule has 0 aromatic heterocycles. The number of rotatable bonds is 10. The SMILES string of the molecule is O=S(=O)([O-])c1ccc2c(N=Nc3ccc(Cc4ccc(N=Nc5c([O-])c(S(=O)(=O)[O-])cc6cc(S(=O)(=O)[O-])ccc56)c([O-])c4)cc3[O-])c([O-])c(S(=O)(=O)[O-])cc2c1.[Cu+2].[Cu+2].[Na+].[Na+].[Na+].[Na+]. The first-order valence-electron chi connectivity index (χ1n) is 15.2. The Hall–Kier alpha value is -1.08. The molecule has 6 rings (SSSR count). The molecule has 6 aromatic rings. The first-order valence-corrected chi connectivity index (χ1v) is 20.9. The van der Waals surface area contributed by atoms with Crippen LogP contribution < -0.4 is 139 Å². The molecule has 0 bridgehead atoms. The molecule has 314 valence electrons. The van der Waals surface area contributed by atoms with Crippen molar-refractivity contribution in [2.45, 2.75) is 26.0 Å². The van der Waals surface area contributed by atoms with E-state index >= 15 is 0 Å². The molecule has 0 fully saturated rings. The number of fused-ring (bicyclic) bond motifs is 2. The second-order valence-electron chi connectivity index (χ2n) is 11.9. The van der Waals surface area contributed by atoms with Gasteiger partial charge in [0.15, 0.2) is 0 Å². The minimum absolute atomic E-state index is 0. The van der Waals surface area contributed by atoms with Crippen molar-refractivity contribution in [1.29, 1.82) is 0 Å². The largest absolute Gasteiger partial charge is 2.00 e. The fraction of sp³-hybridized carbons (Fsp3) is 0.0303. The number of hydrogen-bond acceptors (Lipinski definition) is 20. The molecule has 0 aliphatic heterocycles. The fourth-order valence-electron chi connectivity index (χ4n) is 5.47. The maximum absolute atomic E-state index is 12.9. The van der Waals surface area contributed by atoms with E-state index in [0.717, 1.165) is 48.5 Å². The van der Waals surface area contributed by atoms with Crippen LogP contribution in [0.3, 0.4) is 0 Å². The van der Waals surface area contributed by atoms with E-state index in [1.165, 1.54) is 24.3 Å². The van der Waals surface area contributed by atoms with Crippen LogP contribution in [0.15, 0.2) is 125 Å². The van der Waals surface area contributed by atoms with E-state index in [4.69, 9.17) is 0 Å². The predicted octanol–water partition coefficient (Wildman–Crippen LogP) is -9.66. The molecule has 0 aliphatic rings. The van der Waals surface area contributed by atoms with Crippen molar-refractivity contribution in [2.75, 3.05) is 0 Å². The normalized spacial score (nSPS) is 11.7. The predicted molar refractivity (Wildman–Crippen MR) is 182 cm³/mol. The van der Waals surface area contributed by atoms with Gasteiger partial charge in [0.2, 0.25) is 0 Å². The second kappa shape index (κ2) is 23.8. The zero-order valence-electron chi connectivity index (χ0n) is 32.3. The van der Waals surface area contributed by atoms with E-state index in [9.17, 15) is 72.3 Å². The molecule has 2 radical (unpaired) electrons. The third-order valence-electron chi connectivity index (χ3n) is 8.10. The number of nitrogens with zero attached hydrogens (tertiary/aromatic N) is 4. The van der Waals surface area contributed by atoms with Crippen molar-refractivity contribution >= 4 is 84.8 Å². The maximum Gasteiger partial charge on any atom is 2.00 e. The van der Waals surface area contributed by atoms with Crippen LogP contribution in [0.1, 0.15) is 11.1 Å². The Bertz CT molecular complexity index is 3030. The Kier molecular flexibility index (Phi) is 23.4. The Morgan fingerprint density at radius 2 is 0.746 bits per heavy atom. The molecule has 0 heterocycles. The minimum atomic E-state index is -5.42. The van der Waals surface area contributed by atoms with Gasteiger partial charge in [0, 0.05) is 20.6 Å². The average molecular weight is 1070 g/mol. The van der Waals surface area contributed by atoms with Gasteiger partial charge in [-0.25, -0.2) is 33.7 Å². The summed E-state index contributed by atoms with van der Waals surface area (Å²) in [5.74, 6) is -4.35. The first kappa shape index (κ1) is 61.9. The quantitative estimate of drug-likeness (QED) is 0.0698. The van der Waals surface area contributed by atoms with Gasteiger partial charge in [0.25, 0.3) is 0 Å². The standard InChI is InChI=1S/C33H24N4O16S4.2Cu.4Na/c38-26-10-16(1-7-24(26)34-36-30-22-5-3-20(54(42,43)44)12-18(22)14-28(32(30)40)56(48,49)50)9-17-2-8-25(27(39)11-17)35-37-31-23-6-4-21(55(45,46)47)13-19(23)15-29(33(31)41)57(51,52)53;;;;;;/h1-8,10-15,38-41H,9H2,(H,42,43,44)(H,45,46,47)(H,48,49,50)(H,51,52,53);;;;;;/q;2*+2;4*+1/p-8. The summed E-state index contributed by atoms with van der Waals surface area (Å²) < 4.78 is 139. The molecule has 0 amide bonds. The summed E-state index contributed by atoms with van der Waals surface area (Å²) in [4.78, 5) is -4.21. The Morgan fingerprint density at radius 3 is 1.03 bits per heavy atom. The van der Waals surface area contributed by atoms with Gasteiger partial charge in [-0.2, -0.15) is 20.5 Å². The molecule has 63 heavy (non-hydrogen) atoms. The number of hydrogen-bond donors (Lipinski definition) is 0. The summed E-state index contributed by atoms with van der Waals surface area (Å²) in [6.45, 7) is 0. The molecule has 30 heteroatoms. The molecule has 0 aliphatic carbocycles. The van der Waals surface area contributed by atoms with Gasteiger partial charge in [-0.05, 0) is 76.9 Å². The summed E-state index contributed by atoms with van der Waals surface area (Å²) in [5.41, 5.74) is -1.58. The van der Waals surface area contributed by atoms with Crippen molar-refractivity contribution in [1.82, 2.24) is 0 Å². The van der Waals surface area contributed by atoms with Crippen LogP contribution in [0.5, 0.6) is 23.0 Å². The molecule has 20 nitrogen and oxygen atoms in total. The van der Waals surface area contributed by atoms with Crippen molar-refractivity contribution in [2.24, 2.45) is 20.5 Å². The Balaban J connectivity index is 0.00000641. The van der Waals surface area contributed by atoms with E-state index in [0.29, 0.717) is 23.3 Å². The van der Waals surface area contributed by atoms with Gasteiger partial charge in [-0.15, -0.1) is 0 Å². The first-order chi connectivity index (χ1) is 26.4. The minimum Gasteiger partial charge on any atom is -0.871 e. The monoisotopic (exact) mass is 1070 g/mol. The molecule has 0 saturated heterocycles. The fourth-order valence-corrected chi connectivity index (χ4v) is 7.67. The Morgan fingerprint density at radius 1 is 0.413 bits per heavy atom. The molecule has 0 atom stereocenters. The third-order valence-corrected chi connectivity index (χ3v) is 11.4. The zero-order chi connectivity index (χ0) is 41.8. The summed E-state index contributed by atoms with van der Waals surface area (Å²) in [5, 5.41) is 65.3. The topological polar surface area (TPSA) is 370 Å². The van der Waals surface area contributed by atoms with Crippen molar-refractivity contribution < 1.29 is 225 Å². The van der Waals surface area contributed by atoms with Crippen LogP contribution in [-0.4, -0.2) is 51.9 Å². The summed E-state index contributed by atoms with van der Waals surface area (Å²) in [6.07, 6.45) is -0.0350. The summed E-state index contributed by atoms with van der Waals surface area (Å²) >= 11 is 0. The Labute approximate surface area is 468 Å². The van der Waals surface area contributed by atoms with Crippen LogP contribution in [-0.2, 0) is 81.0 Å². The molecule has 6 aromatic carbocycles. The van der Waals surface area contributed by atoms with E-state index in [-0.39, 0.29) is 192 Å². The van der Waals surface area contributed by atoms with Crippen LogP contribution in [0.2, 0.25) is 0 Å². The molecule has 0 N–H and O–H groups in total. The van der Waals surface area contributed by atoms with Gasteiger partial charge in [-0.1, -0.05) is 59.4 Å². The van der Waals surface area contributed by atoms with Crippen molar-refractivity contribution in [3.63, 3.8) is 0 Å². The molecular weight excluding hydrogens is 1060 g/mol. The number of azo groups is 2. The van der Waals surface area contributed by atoms with E-state index in [1.807, 2.05) is 0 Å². The van der Waals surface area contributed by atoms with Crippen LogP contribution in [0, 0.1) is 0 Å². The van der Waals surface area contributed by atoms with E-state index < -0.39 is 94.4 Å². The van der Waals surface area contributed by atoms with Gasteiger partial charge < -0.3 is 38.6 Å². The summed E-state index contributed by atoms with van der Waals surface area (Å²) in [7, 11) is -20.9. The van der Waals surface area contributed by atoms with E-state index in [2.05, 4.69) is 20.5 Å². The maximum atomic E-state index is 12.9. The molecule has 0 spiro atoms. The van der Waals surface area contributed by atoms with Gasteiger partial charge in [-0.3, -0.25) is 0 Å². The van der Waals surface area contributed by atoms with Crippen molar-refractivity contribution in [3.05, 3.63) is 96.1 Å². The van der Waals surface area contributed by atoms with Gasteiger partial charge in [0.1, 0.15) is 40.5 Å². The van der Waals surface area contributed by atoms with Gasteiger partial charge >= 0.3 is 152 Å². The summed E-state index contributed by atoms with van der Waals surface area (Å²) in [6, 6.07) is 13.5.